The first kappa shape index (κ1) is 20.4. The van der Waals surface area contributed by atoms with Gasteiger partial charge in [0.2, 0.25) is 0 Å². The van der Waals surface area contributed by atoms with Gasteiger partial charge in [0.05, 0.1) is 13.2 Å². The molecule has 134 valence electrons. The van der Waals surface area contributed by atoms with Crippen molar-refractivity contribution in [1.29, 1.82) is 0 Å². The highest BCUT2D eigenvalue weighted by Gasteiger charge is 2.01. The molecule has 0 saturated carbocycles. The summed E-state index contributed by atoms with van der Waals surface area (Å²) in [5, 5.41) is 6.57. The number of aliphatic imine (C=N–C) groups is 1. The predicted molar refractivity (Wildman–Crippen MR) is 106 cm³/mol. The molecule has 0 unspecified atom stereocenters. The number of rotatable bonds is 12. The molecule has 6 heteroatoms. The van der Waals surface area contributed by atoms with E-state index in [1.54, 1.807) is 7.11 Å². The zero-order chi connectivity index (χ0) is 17.5. The number of guanidine groups is 1. The van der Waals surface area contributed by atoms with Gasteiger partial charge < -0.3 is 20.1 Å². The molecule has 0 aromatic heterocycles. The maximum Gasteiger partial charge on any atom is 0.195 e. The standard InChI is InChI=1S/C18H29N3O2S/c1-4-13-24-14-10-20-18(19-5-2)21-16-8-6-9-17(15-16)23-12-7-11-22-3/h4,6,8-9,15H,1,5,7,10-14H2,2-3H3,(H2,19,20,21). The topological polar surface area (TPSA) is 54.9 Å². The molecule has 0 heterocycles. The number of anilines is 1. The van der Waals surface area contributed by atoms with E-state index in [0.29, 0.717) is 13.2 Å². The summed E-state index contributed by atoms with van der Waals surface area (Å²) in [7, 11) is 1.70. The van der Waals surface area contributed by atoms with Gasteiger partial charge in [-0.25, -0.2) is 0 Å². The monoisotopic (exact) mass is 351 g/mol. The SMILES string of the molecule is C=CCSCCN=C(NCC)Nc1cccc(OCCCOC)c1. The summed E-state index contributed by atoms with van der Waals surface area (Å²) in [6.45, 7) is 8.71. The summed E-state index contributed by atoms with van der Waals surface area (Å²) in [6.07, 6.45) is 2.79. The van der Waals surface area contributed by atoms with Crippen molar-refractivity contribution in [1.82, 2.24) is 5.32 Å². The number of nitrogens with zero attached hydrogens (tertiary/aromatic N) is 1. The van der Waals surface area contributed by atoms with Crippen molar-refractivity contribution in [2.45, 2.75) is 13.3 Å². The molecule has 0 radical (unpaired) electrons. The molecule has 0 amide bonds. The minimum atomic E-state index is 0.645. The largest absolute Gasteiger partial charge is 0.493 e. The third-order valence-electron chi connectivity index (χ3n) is 2.94. The van der Waals surface area contributed by atoms with Gasteiger partial charge in [-0.15, -0.1) is 6.58 Å². The molecule has 1 aromatic carbocycles. The van der Waals surface area contributed by atoms with Gasteiger partial charge in [-0.1, -0.05) is 12.1 Å². The van der Waals surface area contributed by atoms with Crippen LogP contribution in [0.25, 0.3) is 0 Å². The highest BCUT2D eigenvalue weighted by molar-refractivity contribution is 7.99. The molecule has 0 bridgehead atoms. The Morgan fingerprint density at radius 3 is 3.00 bits per heavy atom. The lowest BCUT2D eigenvalue weighted by atomic mass is 10.3. The highest BCUT2D eigenvalue weighted by Crippen LogP contribution is 2.17. The van der Waals surface area contributed by atoms with Crippen molar-refractivity contribution in [2.75, 3.05) is 50.2 Å². The highest BCUT2D eigenvalue weighted by atomic mass is 32.2. The molecular formula is C18H29N3O2S. The van der Waals surface area contributed by atoms with Crippen molar-refractivity contribution in [3.05, 3.63) is 36.9 Å². The molecule has 0 saturated heterocycles. The molecule has 0 aliphatic carbocycles. The summed E-state index contributed by atoms with van der Waals surface area (Å²) in [6, 6.07) is 7.90. The van der Waals surface area contributed by atoms with Crippen LogP contribution in [-0.2, 0) is 4.74 Å². The summed E-state index contributed by atoms with van der Waals surface area (Å²) in [5.41, 5.74) is 0.956. The van der Waals surface area contributed by atoms with Gasteiger partial charge in [0.25, 0.3) is 0 Å². The quantitative estimate of drug-likeness (QED) is 0.262. The number of hydrogen-bond acceptors (Lipinski definition) is 4. The van der Waals surface area contributed by atoms with E-state index in [1.165, 1.54) is 0 Å². The third kappa shape index (κ3) is 9.47. The zero-order valence-electron chi connectivity index (χ0n) is 14.7. The van der Waals surface area contributed by atoms with Crippen LogP contribution in [0.4, 0.5) is 5.69 Å². The number of nitrogens with one attached hydrogen (secondary N) is 2. The Hall–Kier alpha value is -1.66. The second kappa shape index (κ2) is 13.7. The van der Waals surface area contributed by atoms with Crippen LogP contribution in [0, 0.1) is 0 Å². The Balaban J connectivity index is 2.52. The lowest BCUT2D eigenvalue weighted by molar-refractivity contribution is 0.172. The van der Waals surface area contributed by atoms with Crippen LogP contribution in [0.3, 0.4) is 0 Å². The zero-order valence-corrected chi connectivity index (χ0v) is 15.5. The molecule has 24 heavy (non-hydrogen) atoms. The Labute approximate surface area is 149 Å². The van der Waals surface area contributed by atoms with Gasteiger partial charge in [-0.3, -0.25) is 4.99 Å². The molecule has 0 aliphatic heterocycles. The van der Waals surface area contributed by atoms with Crippen LogP contribution in [0.2, 0.25) is 0 Å². The van der Waals surface area contributed by atoms with Crippen molar-refractivity contribution >= 4 is 23.4 Å². The number of benzene rings is 1. The molecule has 0 spiro atoms. The molecule has 2 N–H and O–H groups in total. The molecule has 0 atom stereocenters. The van der Waals surface area contributed by atoms with E-state index >= 15 is 0 Å². The number of thioether (sulfide) groups is 1. The molecule has 0 fully saturated rings. The van der Waals surface area contributed by atoms with E-state index < -0.39 is 0 Å². The van der Waals surface area contributed by atoms with Crippen molar-refractivity contribution in [3.8, 4) is 5.75 Å². The third-order valence-corrected chi connectivity index (χ3v) is 3.89. The summed E-state index contributed by atoms with van der Waals surface area (Å²) >= 11 is 1.82. The van der Waals surface area contributed by atoms with E-state index in [-0.39, 0.29) is 0 Å². The van der Waals surface area contributed by atoms with Crippen LogP contribution >= 0.6 is 11.8 Å². The van der Waals surface area contributed by atoms with E-state index in [2.05, 4.69) is 29.1 Å². The fourth-order valence-electron chi connectivity index (χ4n) is 1.89. The first-order valence-corrected chi connectivity index (χ1v) is 9.41. The lowest BCUT2D eigenvalue weighted by Gasteiger charge is -2.13. The average Bonchev–Trinajstić information content (AvgIpc) is 2.59. The van der Waals surface area contributed by atoms with Gasteiger partial charge >= 0.3 is 0 Å². The van der Waals surface area contributed by atoms with Crippen molar-refractivity contribution < 1.29 is 9.47 Å². The Kier molecular flexibility index (Phi) is 11.7. The van der Waals surface area contributed by atoms with Crippen LogP contribution in [-0.4, -0.2) is 50.9 Å². The van der Waals surface area contributed by atoms with Crippen LogP contribution in [0.1, 0.15) is 13.3 Å². The molecule has 0 aliphatic rings. The van der Waals surface area contributed by atoms with E-state index in [9.17, 15) is 0 Å². The maximum absolute atomic E-state index is 5.72. The molecular weight excluding hydrogens is 322 g/mol. The Morgan fingerprint density at radius 2 is 2.25 bits per heavy atom. The van der Waals surface area contributed by atoms with Crippen LogP contribution in [0.15, 0.2) is 41.9 Å². The lowest BCUT2D eigenvalue weighted by Crippen LogP contribution is -2.30. The van der Waals surface area contributed by atoms with Crippen LogP contribution in [0.5, 0.6) is 5.75 Å². The van der Waals surface area contributed by atoms with Crippen molar-refractivity contribution in [2.24, 2.45) is 4.99 Å². The average molecular weight is 352 g/mol. The number of methoxy groups -OCH3 is 1. The minimum absolute atomic E-state index is 0.645. The summed E-state index contributed by atoms with van der Waals surface area (Å²) in [4.78, 5) is 4.58. The van der Waals surface area contributed by atoms with Gasteiger partial charge in [0, 0.05) is 49.9 Å². The van der Waals surface area contributed by atoms with Crippen LogP contribution < -0.4 is 15.4 Å². The number of ether oxygens (including phenoxy) is 2. The molecule has 1 aromatic rings. The van der Waals surface area contributed by atoms with Gasteiger partial charge in [-0.2, -0.15) is 11.8 Å². The second-order valence-corrected chi connectivity index (χ2v) is 6.12. The summed E-state index contributed by atoms with van der Waals surface area (Å²) in [5.74, 6) is 3.56. The Bertz CT molecular complexity index is 495. The predicted octanol–water partition coefficient (Wildman–Crippen LogP) is 3.40. The fourth-order valence-corrected chi connectivity index (χ4v) is 2.44. The normalized spacial score (nSPS) is 11.2. The van der Waals surface area contributed by atoms with E-state index in [4.69, 9.17) is 9.47 Å². The maximum atomic E-state index is 5.72. The first-order chi connectivity index (χ1) is 11.8. The van der Waals surface area contributed by atoms with Gasteiger partial charge in [0.15, 0.2) is 5.96 Å². The molecule has 1 rings (SSSR count). The van der Waals surface area contributed by atoms with Gasteiger partial charge in [0.1, 0.15) is 5.75 Å². The fraction of sp³-hybridized carbons (Fsp3) is 0.500. The van der Waals surface area contributed by atoms with E-state index in [0.717, 1.165) is 48.4 Å². The number of hydrogen-bond donors (Lipinski definition) is 2. The molecule has 5 nitrogen and oxygen atoms in total. The van der Waals surface area contributed by atoms with Crippen molar-refractivity contribution in [3.63, 3.8) is 0 Å². The van der Waals surface area contributed by atoms with Gasteiger partial charge in [-0.05, 0) is 19.1 Å². The Morgan fingerprint density at radius 1 is 1.38 bits per heavy atom. The minimum Gasteiger partial charge on any atom is -0.493 e. The smallest absolute Gasteiger partial charge is 0.195 e. The van der Waals surface area contributed by atoms with E-state index in [1.807, 2.05) is 42.1 Å². The second-order valence-electron chi connectivity index (χ2n) is 4.97. The first-order valence-electron chi connectivity index (χ1n) is 8.26. The summed E-state index contributed by atoms with van der Waals surface area (Å²) < 4.78 is 10.7.